The Balaban J connectivity index is 1.64. The van der Waals surface area contributed by atoms with Crippen LogP contribution in [-0.2, 0) is 0 Å². The number of halogens is 3. The van der Waals surface area contributed by atoms with Gasteiger partial charge in [-0.2, -0.15) is 15.5 Å². The summed E-state index contributed by atoms with van der Waals surface area (Å²) in [6, 6.07) is 5.03. The number of hydrogen-bond acceptors (Lipinski definition) is 7. The highest BCUT2D eigenvalue weighted by Crippen LogP contribution is 2.35. The lowest BCUT2D eigenvalue weighted by Crippen LogP contribution is -2.47. The number of amides is 1. The number of nitrogens with zero attached hydrogens (tertiary/aromatic N) is 7. The van der Waals surface area contributed by atoms with Crippen LogP contribution in [0.3, 0.4) is 0 Å². The van der Waals surface area contributed by atoms with Crippen molar-refractivity contribution in [1.29, 1.82) is 5.26 Å². The van der Waals surface area contributed by atoms with E-state index in [1.165, 1.54) is 43.0 Å². The second-order valence-electron chi connectivity index (χ2n) is 6.76. The molecule has 1 aliphatic rings. The molecule has 2 aromatic heterocycles. The fourth-order valence-electron chi connectivity index (χ4n) is 3.42. The van der Waals surface area contributed by atoms with Crippen molar-refractivity contribution in [1.82, 2.24) is 29.9 Å². The van der Waals surface area contributed by atoms with Crippen LogP contribution in [0.4, 0.5) is 14.7 Å². The van der Waals surface area contributed by atoms with Crippen molar-refractivity contribution in [3.05, 3.63) is 59.1 Å². The average molecular weight is 445 g/mol. The number of nitriles is 1. The van der Waals surface area contributed by atoms with Crippen molar-refractivity contribution in [3.63, 3.8) is 0 Å². The summed E-state index contributed by atoms with van der Waals surface area (Å²) in [5.74, 6) is -3.65. The third-order valence-electron chi connectivity index (χ3n) is 4.89. The van der Waals surface area contributed by atoms with E-state index in [-0.39, 0.29) is 35.9 Å². The second kappa shape index (κ2) is 8.23. The zero-order valence-electron chi connectivity index (χ0n) is 15.9. The van der Waals surface area contributed by atoms with Crippen molar-refractivity contribution in [2.24, 2.45) is 0 Å². The Morgan fingerprint density at radius 2 is 2.00 bits per heavy atom. The first-order chi connectivity index (χ1) is 14.9. The lowest BCUT2D eigenvalue weighted by Gasteiger charge is -2.28. The molecule has 3 aromatic rings. The summed E-state index contributed by atoms with van der Waals surface area (Å²) in [4.78, 5) is 23.4. The number of anilines is 1. The molecular weight excluding hydrogens is 430 g/mol. The molecule has 0 bridgehead atoms. The molecule has 1 N–H and O–H groups in total. The van der Waals surface area contributed by atoms with Crippen LogP contribution in [0.1, 0.15) is 22.3 Å². The molecule has 4 rings (SSSR count). The van der Waals surface area contributed by atoms with E-state index in [0.717, 1.165) is 9.70 Å². The van der Waals surface area contributed by atoms with E-state index >= 15 is 0 Å². The molecule has 1 aromatic carbocycles. The summed E-state index contributed by atoms with van der Waals surface area (Å²) in [5, 5.41) is 20.5. The number of carbonyl (C=O) groups excluding carboxylic acids is 1. The molecule has 3 heterocycles. The molecule has 158 valence electrons. The number of nitrogens with one attached hydrogen (secondary N) is 1. The number of carbonyl (C=O) groups is 1. The van der Waals surface area contributed by atoms with Crippen LogP contribution in [0.2, 0.25) is 5.02 Å². The van der Waals surface area contributed by atoms with Gasteiger partial charge in [0.25, 0.3) is 11.8 Å². The van der Waals surface area contributed by atoms with Gasteiger partial charge in [-0.3, -0.25) is 4.79 Å². The number of rotatable bonds is 5. The normalized spacial score (nSPS) is 17.4. The number of hydrogen-bond donors (Lipinski definition) is 1. The molecule has 0 aliphatic carbocycles. The van der Waals surface area contributed by atoms with Crippen LogP contribution in [0.15, 0.2) is 43.0 Å². The summed E-state index contributed by atoms with van der Waals surface area (Å²) in [6.45, 7) is -0.421. The molecule has 1 saturated heterocycles. The first kappa shape index (κ1) is 20.6. The highest BCUT2D eigenvalue weighted by molar-refractivity contribution is 6.30. The van der Waals surface area contributed by atoms with Gasteiger partial charge in [0.15, 0.2) is 0 Å². The molecule has 1 amide bonds. The molecular formula is C19H15ClF2N8O. The third-order valence-corrected chi connectivity index (χ3v) is 5.09. The fourth-order valence-corrected chi connectivity index (χ4v) is 3.52. The van der Waals surface area contributed by atoms with Crippen LogP contribution < -0.4 is 5.32 Å². The Kier molecular flexibility index (Phi) is 5.48. The van der Waals surface area contributed by atoms with Gasteiger partial charge in [0.1, 0.15) is 17.8 Å². The summed E-state index contributed by atoms with van der Waals surface area (Å²) in [7, 11) is 0. The van der Waals surface area contributed by atoms with Crippen LogP contribution >= 0.6 is 11.6 Å². The maximum atomic E-state index is 14.6. The van der Waals surface area contributed by atoms with Gasteiger partial charge in [-0.05, 0) is 12.1 Å². The average Bonchev–Trinajstić information content (AvgIpc) is 3.40. The molecule has 0 saturated carbocycles. The van der Waals surface area contributed by atoms with Gasteiger partial charge in [-0.1, -0.05) is 17.7 Å². The zero-order chi connectivity index (χ0) is 22.0. The van der Waals surface area contributed by atoms with Gasteiger partial charge < -0.3 is 10.2 Å². The third kappa shape index (κ3) is 4.02. The molecule has 9 nitrogen and oxygen atoms in total. The van der Waals surface area contributed by atoms with Gasteiger partial charge in [0.05, 0.1) is 40.9 Å². The van der Waals surface area contributed by atoms with E-state index < -0.39 is 24.3 Å². The number of likely N-dealkylation sites (tertiary alicyclic amines) is 1. The SMILES string of the molecule is N#Cc1cccc(C(=O)N2CCC(F)(F)[C@H]2CNc2ncc(Cl)cn2)c1-n1nccn1. The fraction of sp³-hybridized carbons (Fsp3) is 0.263. The second-order valence-corrected chi connectivity index (χ2v) is 7.20. The predicted octanol–water partition coefficient (Wildman–Crippen LogP) is 2.54. The van der Waals surface area contributed by atoms with E-state index in [2.05, 4.69) is 25.5 Å². The Bertz CT molecular complexity index is 1130. The van der Waals surface area contributed by atoms with Gasteiger partial charge in [0.2, 0.25) is 5.95 Å². The van der Waals surface area contributed by atoms with E-state index in [1.54, 1.807) is 0 Å². The number of benzene rings is 1. The number of aromatic nitrogens is 5. The topological polar surface area (TPSA) is 113 Å². The van der Waals surface area contributed by atoms with Crippen molar-refractivity contribution in [2.45, 2.75) is 18.4 Å². The minimum atomic E-state index is -3.12. The molecule has 0 spiro atoms. The molecule has 1 fully saturated rings. The Morgan fingerprint density at radius 1 is 1.29 bits per heavy atom. The van der Waals surface area contributed by atoms with Crippen LogP contribution in [-0.4, -0.2) is 60.8 Å². The minimum Gasteiger partial charge on any atom is -0.352 e. The van der Waals surface area contributed by atoms with Crippen molar-refractivity contribution in [2.75, 3.05) is 18.4 Å². The smallest absolute Gasteiger partial charge is 0.271 e. The monoisotopic (exact) mass is 444 g/mol. The molecule has 12 heteroatoms. The van der Waals surface area contributed by atoms with E-state index in [4.69, 9.17) is 11.6 Å². The van der Waals surface area contributed by atoms with Crippen LogP contribution in [0, 0.1) is 11.3 Å². The molecule has 1 aliphatic heterocycles. The number of alkyl halides is 2. The molecule has 31 heavy (non-hydrogen) atoms. The highest BCUT2D eigenvalue weighted by Gasteiger charge is 2.51. The Hall–Kier alpha value is -3.65. The van der Waals surface area contributed by atoms with Gasteiger partial charge in [-0.15, -0.1) is 4.80 Å². The predicted molar refractivity (Wildman–Crippen MR) is 106 cm³/mol. The maximum absolute atomic E-state index is 14.6. The lowest BCUT2D eigenvalue weighted by molar-refractivity contribution is -0.0249. The maximum Gasteiger partial charge on any atom is 0.271 e. The molecule has 0 unspecified atom stereocenters. The van der Waals surface area contributed by atoms with Crippen molar-refractivity contribution in [3.8, 4) is 11.8 Å². The quantitative estimate of drug-likeness (QED) is 0.643. The first-order valence-electron chi connectivity index (χ1n) is 9.21. The summed E-state index contributed by atoms with van der Waals surface area (Å²) in [5.41, 5.74) is 0.348. The van der Waals surface area contributed by atoms with E-state index in [9.17, 15) is 18.8 Å². The van der Waals surface area contributed by atoms with Crippen LogP contribution in [0.25, 0.3) is 5.69 Å². The Morgan fingerprint density at radius 3 is 2.68 bits per heavy atom. The van der Waals surface area contributed by atoms with Gasteiger partial charge >= 0.3 is 0 Å². The standard InChI is InChI=1S/C19H15ClF2N8O/c20-13-9-24-18(25-10-13)26-11-15-19(21,22)4-7-29(15)17(31)14-3-1-2-12(8-23)16(14)30-27-5-6-28-30/h1-3,5-6,9-10,15H,4,7,11H2,(H,24,25,26)/t15-/m1/s1. The van der Waals surface area contributed by atoms with Crippen molar-refractivity contribution >= 4 is 23.5 Å². The highest BCUT2D eigenvalue weighted by atomic mass is 35.5. The van der Waals surface area contributed by atoms with Gasteiger partial charge in [0, 0.05) is 19.5 Å². The Labute approximate surface area is 180 Å². The number of para-hydroxylation sites is 1. The summed E-state index contributed by atoms with van der Waals surface area (Å²) >= 11 is 5.74. The zero-order valence-corrected chi connectivity index (χ0v) is 16.7. The molecule has 0 radical (unpaired) electrons. The summed E-state index contributed by atoms with van der Waals surface area (Å²) in [6.07, 6.45) is 4.98. The first-order valence-corrected chi connectivity index (χ1v) is 9.58. The van der Waals surface area contributed by atoms with Crippen LogP contribution in [0.5, 0.6) is 0 Å². The van der Waals surface area contributed by atoms with Gasteiger partial charge in [-0.25, -0.2) is 18.7 Å². The van der Waals surface area contributed by atoms with E-state index in [1.807, 2.05) is 6.07 Å². The minimum absolute atomic E-state index is 0.0562. The molecule has 1 atom stereocenters. The van der Waals surface area contributed by atoms with Crippen molar-refractivity contribution < 1.29 is 13.6 Å². The largest absolute Gasteiger partial charge is 0.352 e. The summed E-state index contributed by atoms with van der Waals surface area (Å²) < 4.78 is 29.3. The lowest BCUT2D eigenvalue weighted by atomic mass is 10.1. The van der Waals surface area contributed by atoms with E-state index in [0.29, 0.717) is 5.02 Å².